The van der Waals surface area contributed by atoms with E-state index in [2.05, 4.69) is 37.2 Å². The molecule has 0 radical (unpaired) electrons. The van der Waals surface area contributed by atoms with Gasteiger partial charge in [-0.3, -0.25) is 0 Å². The van der Waals surface area contributed by atoms with Crippen LogP contribution in [-0.2, 0) is 17.6 Å². The summed E-state index contributed by atoms with van der Waals surface area (Å²) in [6, 6.07) is 0. The summed E-state index contributed by atoms with van der Waals surface area (Å²) in [6.07, 6.45) is 10.7. The molecule has 3 aliphatic rings. The van der Waals surface area contributed by atoms with E-state index in [1.165, 1.54) is 21.9 Å². The normalized spacial score (nSPS) is 26.1. The van der Waals surface area contributed by atoms with Crippen molar-refractivity contribution in [1.29, 1.82) is 0 Å². The zero-order chi connectivity index (χ0) is 14.6. The molecule has 2 N–H and O–H groups in total. The zero-order valence-corrected chi connectivity index (χ0v) is 12.5. The van der Waals surface area contributed by atoms with E-state index in [0.717, 1.165) is 31.1 Å². The van der Waals surface area contributed by atoms with Crippen LogP contribution in [-0.4, -0.2) is 11.7 Å². The van der Waals surface area contributed by atoms with E-state index < -0.39 is 0 Å². The molecule has 0 aromatic carbocycles. The van der Waals surface area contributed by atoms with Gasteiger partial charge >= 0.3 is 0 Å². The minimum Gasteiger partial charge on any atom is -0.437 e. The van der Waals surface area contributed by atoms with E-state index in [1.807, 2.05) is 0 Å². The first-order valence-corrected chi connectivity index (χ1v) is 7.58. The number of fused-ring (bicyclic) bond motifs is 4. The highest BCUT2D eigenvalue weighted by Crippen LogP contribution is 2.30. The second kappa shape index (κ2) is 4.34. The van der Waals surface area contributed by atoms with Gasteiger partial charge in [0.25, 0.3) is 0 Å². The lowest BCUT2D eigenvalue weighted by Crippen LogP contribution is -2.43. The summed E-state index contributed by atoms with van der Waals surface area (Å²) in [5.41, 5.74) is 5.06. The van der Waals surface area contributed by atoms with Crippen molar-refractivity contribution in [1.82, 2.24) is 0 Å². The molecule has 4 rings (SSSR count). The molecule has 0 saturated carbocycles. The molecule has 1 aromatic rings. The van der Waals surface area contributed by atoms with Gasteiger partial charge in [-0.05, 0) is 62.8 Å². The van der Waals surface area contributed by atoms with E-state index in [4.69, 9.17) is 15.0 Å². The van der Waals surface area contributed by atoms with Crippen molar-refractivity contribution in [2.24, 2.45) is 10.9 Å². The van der Waals surface area contributed by atoms with Crippen molar-refractivity contribution in [2.75, 3.05) is 0 Å². The van der Waals surface area contributed by atoms with Crippen molar-refractivity contribution < 1.29 is 9.15 Å². The van der Waals surface area contributed by atoms with E-state index >= 15 is 0 Å². The summed E-state index contributed by atoms with van der Waals surface area (Å²) in [5, 5.41) is 5.02. The largest absolute Gasteiger partial charge is 0.437 e. The predicted molar refractivity (Wildman–Crippen MR) is 80.3 cm³/mol. The molecule has 0 amide bonds. The Hall–Kier alpha value is -1.81. The van der Waals surface area contributed by atoms with Crippen molar-refractivity contribution >= 4 is 12.2 Å². The summed E-state index contributed by atoms with van der Waals surface area (Å²) in [5.74, 6) is 5.50. The number of nitrogens with zero attached hydrogens (tertiary/aromatic N) is 1. The minimum absolute atomic E-state index is 0.0323. The second-order valence-corrected chi connectivity index (χ2v) is 6.64. The van der Waals surface area contributed by atoms with Crippen LogP contribution >= 0.6 is 0 Å². The van der Waals surface area contributed by atoms with Crippen LogP contribution in [0, 0.1) is 0 Å². The third-order valence-electron chi connectivity index (χ3n) is 4.61. The molecule has 2 aliphatic carbocycles. The molecule has 0 spiro atoms. The maximum atomic E-state index is 6.15. The van der Waals surface area contributed by atoms with Crippen LogP contribution in [0.15, 0.2) is 21.2 Å². The van der Waals surface area contributed by atoms with E-state index in [0.29, 0.717) is 5.55 Å². The predicted octanol–water partition coefficient (Wildman–Crippen LogP) is 0.611. The molecule has 1 aliphatic heterocycles. The Labute approximate surface area is 123 Å². The average molecular weight is 284 g/mol. The highest BCUT2D eigenvalue weighted by molar-refractivity contribution is 5.61. The molecule has 21 heavy (non-hydrogen) atoms. The number of hydrogen-bond donors (Lipinski definition) is 1. The second-order valence-electron chi connectivity index (χ2n) is 6.64. The number of rotatable bonds is 0. The fourth-order valence-corrected chi connectivity index (χ4v) is 3.55. The van der Waals surface area contributed by atoms with Crippen molar-refractivity contribution in [3.8, 4) is 0 Å². The fourth-order valence-electron chi connectivity index (χ4n) is 3.55. The zero-order valence-electron chi connectivity index (χ0n) is 12.5. The van der Waals surface area contributed by atoms with E-state index in [1.54, 1.807) is 0 Å². The van der Waals surface area contributed by atoms with Crippen LogP contribution in [0.3, 0.4) is 0 Å². The summed E-state index contributed by atoms with van der Waals surface area (Å²) in [6.45, 7) is 4.23. The average Bonchev–Trinajstić information content (AvgIpc) is 2.93. The maximum absolute atomic E-state index is 6.15. The third-order valence-corrected chi connectivity index (χ3v) is 4.61. The Morgan fingerprint density at radius 1 is 1.29 bits per heavy atom. The van der Waals surface area contributed by atoms with Gasteiger partial charge in [0.15, 0.2) is 0 Å². The smallest absolute Gasteiger partial charge is 0.239 e. The van der Waals surface area contributed by atoms with Crippen LogP contribution in [0.5, 0.6) is 0 Å². The molecule has 110 valence electrons. The van der Waals surface area contributed by atoms with E-state index in [9.17, 15) is 0 Å². The highest BCUT2D eigenvalue weighted by atomic mass is 16.5. The molecule has 1 aromatic heterocycles. The standard InChI is InChI=1S/C17H20N2O2/c1-17(2)7-6-10-8-13-11-4-3-5-12(11)16(19-18)20-15(13)9-14(10)21-17/h6,8-9,14H,3-5,7,18H2,1-2H3/b19-16-. The lowest BCUT2D eigenvalue weighted by Gasteiger charge is -2.34. The van der Waals surface area contributed by atoms with Crippen LogP contribution in [0.1, 0.15) is 37.8 Å². The molecular formula is C17H20N2O2. The topological polar surface area (TPSA) is 60.8 Å². The Morgan fingerprint density at radius 3 is 2.90 bits per heavy atom. The van der Waals surface area contributed by atoms with E-state index in [-0.39, 0.29) is 11.7 Å². The Balaban J connectivity index is 1.99. The van der Waals surface area contributed by atoms with Crippen LogP contribution in [0.25, 0.3) is 12.2 Å². The quantitative estimate of drug-likeness (QED) is 0.561. The summed E-state index contributed by atoms with van der Waals surface area (Å²) in [4.78, 5) is 0. The lowest BCUT2D eigenvalue weighted by molar-refractivity contribution is -0.0356. The van der Waals surface area contributed by atoms with Gasteiger partial charge in [-0.25, -0.2) is 0 Å². The van der Waals surface area contributed by atoms with Crippen LogP contribution < -0.4 is 22.0 Å². The number of ether oxygens (including phenoxy) is 1. The summed E-state index contributed by atoms with van der Waals surface area (Å²) < 4.78 is 12.1. The van der Waals surface area contributed by atoms with Crippen molar-refractivity contribution in [3.63, 3.8) is 0 Å². The van der Waals surface area contributed by atoms with Gasteiger partial charge in [-0.15, -0.1) is 5.10 Å². The Morgan fingerprint density at radius 2 is 2.10 bits per heavy atom. The molecule has 0 fully saturated rings. The Kier molecular flexibility index (Phi) is 2.67. The van der Waals surface area contributed by atoms with Crippen LogP contribution in [0.4, 0.5) is 0 Å². The SMILES string of the molecule is CC1(C)CC=C2C=c3c4c(/c(=N/N)oc3=CC2O1)CCC4. The van der Waals surface area contributed by atoms with Gasteiger partial charge in [0.1, 0.15) is 11.5 Å². The van der Waals surface area contributed by atoms with Gasteiger partial charge in [-0.2, -0.15) is 0 Å². The third kappa shape index (κ3) is 1.97. The van der Waals surface area contributed by atoms with Crippen LogP contribution in [0.2, 0.25) is 0 Å². The van der Waals surface area contributed by atoms with Gasteiger partial charge in [0, 0.05) is 10.8 Å². The molecule has 4 heteroatoms. The Bertz CT molecular complexity index is 828. The molecule has 0 bridgehead atoms. The first kappa shape index (κ1) is 12.9. The number of nitrogens with two attached hydrogens (primary N) is 1. The molecular weight excluding hydrogens is 264 g/mol. The van der Waals surface area contributed by atoms with Gasteiger partial charge in [0.05, 0.1) is 5.60 Å². The van der Waals surface area contributed by atoms with Crippen molar-refractivity contribution in [3.05, 3.63) is 39.0 Å². The van der Waals surface area contributed by atoms with Gasteiger partial charge < -0.3 is 15.0 Å². The molecule has 1 atom stereocenters. The number of hydrogen-bond acceptors (Lipinski definition) is 4. The van der Waals surface area contributed by atoms with Gasteiger partial charge in [0.2, 0.25) is 5.55 Å². The highest BCUT2D eigenvalue weighted by Gasteiger charge is 2.30. The maximum Gasteiger partial charge on any atom is 0.239 e. The minimum atomic E-state index is -0.131. The van der Waals surface area contributed by atoms with Crippen molar-refractivity contribution in [2.45, 2.75) is 51.2 Å². The molecule has 1 unspecified atom stereocenters. The first-order chi connectivity index (χ1) is 10.1. The fraction of sp³-hybridized carbons (Fsp3) is 0.471. The molecule has 0 saturated heterocycles. The molecule has 2 heterocycles. The summed E-state index contributed by atoms with van der Waals surface area (Å²) >= 11 is 0. The molecule has 4 nitrogen and oxygen atoms in total. The summed E-state index contributed by atoms with van der Waals surface area (Å²) in [7, 11) is 0. The monoisotopic (exact) mass is 284 g/mol. The van der Waals surface area contributed by atoms with Gasteiger partial charge in [-0.1, -0.05) is 6.08 Å². The lowest BCUT2D eigenvalue weighted by atomic mass is 9.92. The first-order valence-electron chi connectivity index (χ1n) is 7.58.